The van der Waals surface area contributed by atoms with Crippen LogP contribution in [0.5, 0.6) is 5.75 Å². The van der Waals surface area contributed by atoms with Crippen LogP contribution in [0.1, 0.15) is 42.7 Å². The second-order valence-electron chi connectivity index (χ2n) is 7.11. The number of amides is 1. The van der Waals surface area contributed by atoms with Crippen molar-refractivity contribution in [3.8, 4) is 11.4 Å². The van der Waals surface area contributed by atoms with Gasteiger partial charge in [0.25, 0.3) is 5.91 Å². The molecule has 0 radical (unpaired) electrons. The molecule has 1 aromatic heterocycles. The standard InChI is InChI=1S/C21H25ClN6O4S/c1-5-27(6-2)33(30,31)16-9-7-15(8-10-16)14(3)24-21(29)17-11-18(22)19(12-20(17)32-4)28-13-23-25-26-28/h7-14H,5-6H2,1-4H3,(H,24,29). The molecule has 0 aliphatic rings. The maximum atomic E-state index is 13.0. The molecule has 0 spiro atoms. The average Bonchev–Trinajstić information content (AvgIpc) is 3.34. The van der Waals surface area contributed by atoms with Crippen LogP contribution in [0.2, 0.25) is 5.02 Å². The number of aromatic nitrogens is 4. The number of halogens is 1. The number of benzene rings is 2. The predicted octanol–water partition coefficient (Wildman–Crippen LogP) is 2.85. The quantitative estimate of drug-likeness (QED) is 0.487. The zero-order valence-corrected chi connectivity index (χ0v) is 20.3. The Labute approximate surface area is 197 Å². The van der Waals surface area contributed by atoms with Crippen LogP contribution in [0.15, 0.2) is 47.6 Å². The minimum Gasteiger partial charge on any atom is -0.496 e. The number of carbonyl (C=O) groups excluding carboxylic acids is 1. The minimum absolute atomic E-state index is 0.208. The minimum atomic E-state index is -3.55. The van der Waals surface area contributed by atoms with E-state index in [4.69, 9.17) is 16.3 Å². The summed E-state index contributed by atoms with van der Waals surface area (Å²) in [4.78, 5) is 13.2. The Hall–Kier alpha value is -3.02. The number of tetrazole rings is 1. The zero-order chi connectivity index (χ0) is 24.2. The first-order valence-corrected chi connectivity index (χ1v) is 12.1. The first-order valence-electron chi connectivity index (χ1n) is 10.2. The molecule has 176 valence electrons. The average molecular weight is 493 g/mol. The second-order valence-corrected chi connectivity index (χ2v) is 9.46. The molecule has 0 saturated heterocycles. The van der Waals surface area contributed by atoms with Crippen LogP contribution in [0, 0.1) is 0 Å². The maximum absolute atomic E-state index is 13.0. The Morgan fingerprint density at radius 3 is 2.42 bits per heavy atom. The summed E-state index contributed by atoms with van der Waals surface area (Å²) in [6.07, 6.45) is 1.38. The highest BCUT2D eigenvalue weighted by molar-refractivity contribution is 7.89. The Bertz CT molecular complexity index is 1210. The smallest absolute Gasteiger partial charge is 0.255 e. The monoisotopic (exact) mass is 492 g/mol. The highest BCUT2D eigenvalue weighted by Crippen LogP contribution is 2.30. The molecule has 1 unspecified atom stereocenters. The Balaban J connectivity index is 1.80. The number of ether oxygens (including phenoxy) is 1. The van der Waals surface area contributed by atoms with E-state index in [1.165, 1.54) is 28.5 Å². The predicted molar refractivity (Wildman–Crippen MR) is 123 cm³/mol. The van der Waals surface area contributed by atoms with Crippen LogP contribution < -0.4 is 10.1 Å². The number of nitrogens with zero attached hydrogens (tertiary/aromatic N) is 5. The van der Waals surface area contributed by atoms with Crippen molar-refractivity contribution >= 4 is 27.5 Å². The van der Waals surface area contributed by atoms with Gasteiger partial charge in [0.05, 0.1) is 34.3 Å². The van der Waals surface area contributed by atoms with Gasteiger partial charge in [0, 0.05) is 19.2 Å². The van der Waals surface area contributed by atoms with E-state index >= 15 is 0 Å². The molecule has 10 nitrogen and oxygen atoms in total. The van der Waals surface area contributed by atoms with Gasteiger partial charge >= 0.3 is 0 Å². The van der Waals surface area contributed by atoms with Crippen LogP contribution in [0.3, 0.4) is 0 Å². The molecule has 0 bridgehead atoms. The van der Waals surface area contributed by atoms with Gasteiger partial charge in [0.15, 0.2) is 0 Å². The molecule has 0 aliphatic heterocycles. The van der Waals surface area contributed by atoms with E-state index in [1.807, 2.05) is 0 Å². The molecule has 0 fully saturated rings. The van der Waals surface area contributed by atoms with E-state index in [1.54, 1.807) is 51.1 Å². The Morgan fingerprint density at radius 2 is 1.88 bits per heavy atom. The third-order valence-corrected chi connectivity index (χ3v) is 7.55. The first-order chi connectivity index (χ1) is 15.7. The molecule has 1 atom stereocenters. The number of carbonyl (C=O) groups is 1. The first kappa shape index (κ1) is 24.6. The Morgan fingerprint density at radius 1 is 1.21 bits per heavy atom. The summed E-state index contributed by atoms with van der Waals surface area (Å²) in [5.41, 5.74) is 1.46. The molecule has 2 aromatic carbocycles. The van der Waals surface area contributed by atoms with Crippen LogP contribution in [-0.2, 0) is 10.0 Å². The summed E-state index contributed by atoms with van der Waals surface area (Å²) in [7, 11) is -2.10. The third-order valence-electron chi connectivity index (χ3n) is 5.18. The molecule has 1 heterocycles. The van der Waals surface area contributed by atoms with Gasteiger partial charge < -0.3 is 10.1 Å². The molecular weight excluding hydrogens is 468 g/mol. The van der Waals surface area contributed by atoms with Crippen LogP contribution >= 0.6 is 11.6 Å². The number of rotatable bonds is 9. The summed E-state index contributed by atoms with van der Waals surface area (Å²) < 4.78 is 33.5. The Kier molecular flexibility index (Phi) is 7.67. The summed E-state index contributed by atoms with van der Waals surface area (Å²) in [6.45, 7) is 6.18. The van der Waals surface area contributed by atoms with Gasteiger partial charge in [-0.25, -0.2) is 8.42 Å². The molecule has 3 rings (SSSR count). The molecule has 1 amide bonds. The normalized spacial score (nSPS) is 12.5. The van der Waals surface area contributed by atoms with E-state index in [0.29, 0.717) is 24.5 Å². The summed E-state index contributed by atoms with van der Waals surface area (Å²) in [5, 5.41) is 14.1. The topological polar surface area (TPSA) is 119 Å². The summed E-state index contributed by atoms with van der Waals surface area (Å²) >= 11 is 6.34. The van der Waals surface area contributed by atoms with E-state index in [-0.39, 0.29) is 15.5 Å². The van der Waals surface area contributed by atoms with E-state index in [9.17, 15) is 13.2 Å². The van der Waals surface area contributed by atoms with E-state index < -0.39 is 22.0 Å². The number of hydrogen-bond acceptors (Lipinski definition) is 7. The van der Waals surface area contributed by atoms with Gasteiger partial charge in [-0.1, -0.05) is 37.6 Å². The van der Waals surface area contributed by atoms with Crippen molar-refractivity contribution in [3.05, 3.63) is 58.9 Å². The highest BCUT2D eigenvalue weighted by Gasteiger charge is 2.23. The number of methoxy groups -OCH3 is 1. The lowest BCUT2D eigenvalue weighted by atomic mass is 10.1. The van der Waals surface area contributed by atoms with Crippen molar-refractivity contribution in [1.29, 1.82) is 0 Å². The lowest BCUT2D eigenvalue weighted by molar-refractivity contribution is 0.0937. The third kappa shape index (κ3) is 5.15. The fourth-order valence-corrected chi connectivity index (χ4v) is 5.04. The molecule has 3 aromatic rings. The van der Waals surface area contributed by atoms with Crippen LogP contribution in [0.4, 0.5) is 0 Å². The zero-order valence-electron chi connectivity index (χ0n) is 18.7. The largest absolute Gasteiger partial charge is 0.496 e. The fraction of sp³-hybridized carbons (Fsp3) is 0.333. The van der Waals surface area contributed by atoms with Gasteiger partial charge in [0.1, 0.15) is 12.1 Å². The van der Waals surface area contributed by atoms with Crippen LogP contribution in [-0.4, -0.2) is 59.0 Å². The molecule has 33 heavy (non-hydrogen) atoms. The van der Waals surface area contributed by atoms with Gasteiger partial charge in [-0.2, -0.15) is 8.99 Å². The van der Waals surface area contributed by atoms with Crippen molar-refractivity contribution in [1.82, 2.24) is 29.8 Å². The van der Waals surface area contributed by atoms with Gasteiger partial charge in [0.2, 0.25) is 10.0 Å². The number of hydrogen-bond donors (Lipinski definition) is 1. The highest BCUT2D eigenvalue weighted by atomic mass is 35.5. The van der Waals surface area contributed by atoms with Crippen molar-refractivity contribution in [2.75, 3.05) is 20.2 Å². The van der Waals surface area contributed by atoms with Gasteiger partial charge in [-0.3, -0.25) is 4.79 Å². The van der Waals surface area contributed by atoms with Crippen molar-refractivity contribution in [2.45, 2.75) is 31.7 Å². The van der Waals surface area contributed by atoms with Crippen molar-refractivity contribution in [3.63, 3.8) is 0 Å². The molecule has 0 aliphatic carbocycles. The SMILES string of the molecule is CCN(CC)S(=O)(=O)c1ccc(C(C)NC(=O)c2cc(Cl)c(-n3cnnn3)cc2OC)cc1. The number of nitrogens with one attached hydrogen (secondary N) is 1. The lowest BCUT2D eigenvalue weighted by Crippen LogP contribution is -2.30. The summed E-state index contributed by atoms with van der Waals surface area (Å²) in [6, 6.07) is 9.13. The van der Waals surface area contributed by atoms with Gasteiger partial charge in [-0.15, -0.1) is 5.10 Å². The molecule has 1 N–H and O–H groups in total. The fourth-order valence-electron chi connectivity index (χ4n) is 3.34. The molecule has 0 saturated carbocycles. The van der Waals surface area contributed by atoms with Crippen LogP contribution in [0.25, 0.3) is 5.69 Å². The molecule has 12 heteroatoms. The van der Waals surface area contributed by atoms with E-state index in [2.05, 4.69) is 20.8 Å². The second kappa shape index (κ2) is 10.3. The van der Waals surface area contributed by atoms with Crippen molar-refractivity contribution < 1.29 is 17.9 Å². The van der Waals surface area contributed by atoms with Gasteiger partial charge in [-0.05, 0) is 41.1 Å². The molecular formula is C21H25ClN6O4S. The van der Waals surface area contributed by atoms with Crippen molar-refractivity contribution in [2.24, 2.45) is 0 Å². The van der Waals surface area contributed by atoms with E-state index in [0.717, 1.165) is 5.56 Å². The summed E-state index contributed by atoms with van der Waals surface area (Å²) in [5.74, 6) is -0.0976. The lowest BCUT2D eigenvalue weighted by Gasteiger charge is -2.20. The maximum Gasteiger partial charge on any atom is 0.255 e. The number of sulfonamides is 1.